The molecule has 0 saturated carbocycles. The smallest absolute Gasteiger partial charge is 0.331 e. The highest BCUT2D eigenvalue weighted by atomic mass is 16.5. The van der Waals surface area contributed by atoms with Crippen molar-refractivity contribution in [3.63, 3.8) is 0 Å². The van der Waals surface area contributed by atoms with E-state index >= 15 is 0 Å². The Labute approximate surface area is 93.5 Å². The minimum atomic E-state index is -0.302. The lowest BCUT2D eigenvalue weighted by Crippen LogP contribution is -2.15. The molecule has 4 heteroatoms. The highest BCUT2D eigenvalue weighted by molar-refractivity contribution is 5.72. The second-order valence-electron chi connectivity index (χ2n) is 3.53. The van der Waals surface area contributed by atoms with Gasteiger partial charge in [-0.3, -0.25) is 0 Å². The van der Waals surface area contributed by atoms with Gasteiger partial charge in [-0.25, -0.2) is 9.78 Å². The van der Waals surface area contributed by atoms with Gasteiger partial charge in [-0.2, -0.15) is 0 Å². The summed E-state index contributed by atoms with van der Waals surface area (Å²) in [6.45, 7) is 2.13. The Morgan fingerprint density at radius 3 is 3.06 bits per heavy atom. The molecule has 2 rings (SSSR count). The van der Waals surface area contributed by atoms with Gasteiger partial charge in [0.15, 0.2) is 0 Å². The maximum atomic E-state index is 11.5. The summed E-state index contributed by atoms with van der Waals surface area (Å²) in [4.78, 5) is 15.4. The lowest BCUT2D eigenvalue weighted by Gasteiger charge is -2.05. The first-order chi connectivity index (χ1) is 7.74. The number of ether oxygens (including phenoxy) is 1. The van der Waals surface area contributed by atoms with Gasteiger partial charge in [-0.15, -0.1) is 0 Å². The molecule has 0 unspecified atom stereocenters. The maximum Gasteiger partial charge on any atom is 0.331 e. The second kappa shape index (κ2) is 4.61. The van der Waals surface area contributed by atoms with Crippen LogP contribution in [-0.2, 0) is 11.3 Å². The molecule has 0 N–H and O–H groups in total. The molecule has 0 aliphatic carbocycles. The van der Waals surface area contributed by atoms with Crippen LogP contribution in [0.25, 0.3) is 0 Å². The van der Waals surface area contributed by atoms with Gasteiger partial charge in [0, 0.05) is 12.4 Å². The van der Waals surface area contributed by atoms with E-state index in [1.54, 1.807) is 29.4 Å². The number of nitrogens with zero attached hydrogens (tertiary/aromatic N) is 2. The van der Waals surface area contributed by atoms with E-state index < -0.39 is 0 Å². The molecule has 0 bridgehead atoms. The van der Waals surface area contributed by atoms with Gasteiger partial charge in [-0.05, 0) is 24.6 Å². The lowest BCUT2D eigenvalue weighted by atomic mass is 10.2. The molecule has 82 valence electrons. The van der Waals surface area contributed by atoms with Crippen LogP contribution in [0.2, 0.25) is 0 Å². The molecule has 0 aliphatic heterocycles. The molecule has 0 atom stereocenters. The largest absolute Gasteiger partial charge is 0.425 e. The number of rotatable bonds is 3. The van der Waals surface area contributed by atoms with Crippen LogP contribution >= 0.6 is 0 Å². The predicted octanol–water partition coefficient (Wildman–Crippen LogP) is 1.80. The number of carbonyl (C=O) groups is 1. The summed E-state index contributed by atoms with van der Waals surface area (Å²) in [5.74, 6) is 0.272. The summed E-state index contributed by atoms with van der Waals surface area (Å²) >= 11 is 0. The summed E-state index contributed by atoms with van der Waals surface area (Å²) in [6.07, 6.45) is 4.93. The van der Waals surface area contributed by atoms with Crippen LogP contribution in [0.5, 0.6) is 5.75 Å². The van der Waals surface area contributed by atoms with Gasteiger partial charge in [0.05, 0.1) is 6.33 Å². The Morgan fingerprint density at radius 1 is 1.50 bits per heavy atom. The van der Waals surface area contributed by atoms with Gasteiger partial charge in [0.1, 0.15) is 12.3 Å². The average Bonchev–Trinajstić information content (AvgIpc) is 2.70. The molecule has 0 amide bonds. The van der Waals surface area contributed by atoms with Crippen LogP contribution in [0.15, 0.2) is 43.0 Å². The van der Waals surface area contributed by atoms with Crippen molar-refractivity contribution in [2.75, 3.05) is 0 Å². The number of hydrogen-bond acceptors (Lipinski definition) is 3. The quantitative estimate of drug-likeness (QED) is 0.580. The third-order valence-electron chi connectivity index (χ3n) is 2.09. The number of aromatic nitrogens is 2. The normalized spacial score (nSPS) is 10.1. The minimum absolute atomic E-state index is 0.175. The average molecular weight is 216 g/mol. The summed E-state index contributed by atoms with van der Waals surface area (Å²) in [5.41, 5.74) is 1.06. The molecular weight excluding hydrogens is 204 g/mol. The van der Waals surface area contributed by atoms with Gasteiger partial charge in [0.25, 0.3) is 0 Å². The standard InChI is InChI=1S/C12H12N2O2/c1-10-3-2-4-11(7-10)16-12(15)8-14-6-5-13-9-14/h2-7,9H,8H2,1H3. The molecule has 0 fully saturated rings. The van der Waals surface area contributed by atoms with Crippen LogP contribution in [0, 0.1) is 6.92 Å². The zero-order valence-electron chi connectivity index (χ0n) is 8.96. The monoisotopic (exact) mass is 216 g/mol. The van der Waals surface area contributed by atoms with Gasteiger partial charge < -0.3 is 9.30 Å². The van der Waals surface area contributed by atoms with E-state index in [1.165, 1.54) is 0 Å². The van der Waals surface area contributed by atoms with E-state index in [9.17, 15) is 4.79 Å². The molecule has 16 heavy (non-hydrogen) atoms. The highest BCUT2D eigenvalue weighted by Gasteiger charge is 2.05. The van der Waals surface area contributed by atoms with Crippen molar-refractivity contribution in [2.45, 2.75) is 13.5 Å². The fraction of sp³-hybridized carbons (Fsp3) is 0.167. The fourth-order valence-corrected chi connectivity index (χ4v) is 1.37. The van der Waals surface area contributed by atoms with Gasteiger partial charge in [-0.1, -0.05) is 12.1 Å². The van der Waals surface area contributed by atoms with Crippen LogP contribution in [0.1, 0.15) is 5.56 Å². The van der Waals surface area contributed by atoms with Crippen molar-refractivity contribution >= 4 is 5.97 Å². The molecule has 1 heterocycles. The van der Waals surface area contributed by atoms with Crippen molar-refractivity contribution in [3.05, 3.63) is 48.5 Å². The Balaban J connectivity index is 1.97. The molecule has 0 radical (unpaired) electrons. The third kappa shape index (κ3) is 2.70. The van der Waals surface area contributed by atoms with E-state index in [0.29, 0.717) is 5.75 Å². The number of esters is 1. The number of benzene rings is 1. The molecule has 1 aromatic carbocycles. The maximum absolute atomic E-state index is 11.5. The summed E-state index contributed by atoms with van der Waals surface area (Å²) < 4.78 is 6.85. The highest BCUT2D eigenvalue weighted by Crippen LogP contribution is 2.12. The summed E-state index contributed by atoms with van der Waals surface area (Å²) in [6, 6.07) is 7.40. The van der Waals surface area contributed by atoms with E-state index in [2.05, 4.69) is 4.98 Å². The van der Waals surface area contributed by atoms with Gasteiger partial charge >= 0.3 is 5.97 Å². The molecule has 4 nitrogen and oxygen atoms in total. The first kappa shape index (κ1) is 10.4. The first-order valence-corrected chi connectivity index (χ1v) is 4.97. The van der Waals surface area contributed by atoms with E-state index in [-0.39, 0.29) is 12.5 Å². The van der Waals surface area contributed by atoms with Crippen LogP contribution < -0.4 is 4.74 Å². The predicted molar refractivity (Wildman–Crippen MR) is 59.0 cm³/mol. The zero-order chi connectivity index (χ0) is 11.4. The van der Waals surface area contributed by atoms with Crippen LogP contribution in [-0.4, -0.2) is 15.5 Å². The number of carbonyl (C=O) groups excluding carboxylic acids is 1. The Bertz CT molecular complexity index is 478. The third-order valence-corrected chi connectivity index (χ3v) is 2.09. The van der Waals surface area contributed by atoms with Crippen LogP contribution in [0.3, 0.4) is 0 Å². The minimum Gasteiger partial charge on any atom is -0.425 e. The van der Waals surface area contributed by atoms with Crippen molar-refractivity contribution in [1.29, 1.82) is 0 Å². The molecule has 2 aromatic rings. The second-order valence-corrected chi connectivity index (χ2v) is 3.53. The van der Waals surface area contributed by atoms with Crippen molar-refractivity contribution in [3.8, 4) is 5.75 Å². The van der Waals surface area contributed by atoms with Crippen LogP contribution in [0.4, 0.5) is 0 Å². The van der Waals surface area contributed by atoms with E-state index in [4.69, 9.17) is 4.74 Å². The number of aryl methyl sites for hydroxylation is 1. The van der Waals surface area contributed by atoms with Crippen molar-refractivity contribution in [2.24, 2.45) is 0 Å². The first-order valence-electron chi connectivity index (χ1n) is 4.97. The Morgan fingerprint density at radius 2 is 2.38 bits per heavy atom. The lowest BCUT2D eigenvalue weighted by molar-refractivity contribution is -0.135. The van der Waals surface area contributed by atoms with Crippen molar-refractivity contribution < 1.29 is 9.53 Å². The van der Waals surface area contributed by atoms with E-state index in [1.807, 2.05) is 25.1 Å². The molecule has 0 spiro atoms. The topological polar surface area (TPSA) is 44.1 Å². The van der Waals surface area contributed by atoms with E-state index in [0.717, 1.165) is 5.56 Å². The molecule has 0 aliphatic rings. The fourth-order valence-electron chi connectivity index (χ4n) is 1.37. The van der Waals surface area contributed by atoms with Gasteiger partial charge in [0.2, 0.25) is 0 Å². The summed E-state index contributed by atoms with van der Waals surface area (Å²) in [7, 11) is 0. The number of imidazole rings is 1. The summed E-state index contributed by atoms with van der Waals surface area (Å²) in [5, 5.41) is 0. The molecule has 0 saturated heterocycles. The Kier molecular flexibility index (Phi) is 3.00. The zero-order valence-corrected chi connectivity index (χ0v) is 8.96. The molecular formula is C12H12N2O2. The molecule has 1 aromatic heterocycles. The SMILES string of the molecule is Cc1cccc(OC(=O)Cn2ccnc2)c1. The van der Waals surface area contributed by atoms with Crippen molar-refractivity contribution in [1.82, 2.24) is 9.55 Å². The Hall–Kier alpha value is -2.10. The number of hydrogen-bond donors (Lipinski definition) is 0.